The van der Waals surface area contributed by atoms with E-state index in [4.69, 9.17) is 21.1 Å². The van der Waals surface area contributed by atoms with Crippen molar-refractivity contribution in [3.05, 3.63) is 99.0 Å². The molecule has 2 aliphatic rings. The smallest absolute Gasteiger partial charge is 0.231 e. The van der Waals surface area contributed by atoms with Gasteiger partial charge in [0, 0.05) is 29.2 Å². The third-order valence-corrected chi connectivity index (χ3v) is 6.01. The van der Waals surface area contributed by atoms with Crippen LogP contribution in [0.3, 0.4) is 0 Å². The Bertz CT molecular complexity index is 1240. The van der Waals surface area contributed by atoms with E-state index >= 15 is 0 Å². The largest absolute Gasteiger partial charge is 0.477 e. The second-order valence-corrected chi connectivity index (χ2v) is 8.50. The van der Waals surface area contributed by atoms with Gasteiger partial charge in [0.25, 0.3) is 0 Å². The first-order chi connectivity index (χ1) is 15.5. The molecular formula is C26H21ClFNO3. The third kappa shape index (κ3) is 4.01. The maximum atomic E-state index is 13.1. The second-order valence-electron chi connectivity index (χ2n) is 8.06. The van der Waals surface area contributed by atoms with Crippen LogP contribution in [0.5, 0.6) is 11.5 Å². The Morgan fingerprint density at radius 3 is 2.72 bits per heavy atom. The topological polar surface area (TPSA) is 38.8 Å². The molecule has 0 N–H and O–H groups in total. The fourth-order valence-corrected chi connectivity index (χ4v) is 4.32. The van der Waals surface area contributed by atoms with E-state index in [1.165, 1.54) is 12.1 Å². The fourth-order valence-electron chi connectivity index (χ4n) is 4.13. The maximum Gasteiger partial charge on any atom is 0.231 e. The van der Waals surface area contributed by atoms with Gasteiger partial charge in [-0.25, -0.2) is 4.39 Å². The average molecular weight is 450 g/mol. The van der Waals surface area contributed by atoms with Crippen LogP contribution >= 0.6 is 11.6 Å². The summed E-state index contributed by atoms with van der Waals surface area (Å²) in [6.45, 7) is 3.81. The molecule has 3 aromatic carbocycles. The van der Waals surface area contributed by atoms with Gasteiger partial charge in [0.05, 0.1) is 5.56 Å². The maximum absolute atomic E-state index is 13.1. The Morgan fingerprint density at radius 1 is 1.12 bits per heavy atom. The van der Waals surface area contributed by atoms with E-state index in [0.717, 1.165) is 41.0 Å². The molecule has 0 aliphatic carbocycles. The predicted octanol–water partition coefficient (Wildman–Crippen LogP) is 5.80. The predicted molar refractivity (Wildman–Crippen MR) is 122 cm³/mol. The minimum atomic E-state index is -0.232. The lowest BCUT2D eigenvalue weighted by molar-refractivity contribution is 0.0954. The standard InChI is InChI=1S/C26H21ClFNO3/c1-16-25-19(14-29(15-31-25)10-9-17-5-7-21(28)8-6-17)13-22-24(30)23(32-26(16)22)12-18-3-2-4-20(27)11-18/h2-8,11-13H,9-10,14-15H2,1H3/b23-12-. The first-order valence-corrected chi connectivity index (χ1v) is 10.8. The third-order valence-electron chi connectivity index (χ3n) is 5.78. The SMILES string of the molecule is Cc1c2c(cc3c1O/C(=C\c1cccc(Cl)c1)C3=O)CN(CCc1ccc(F)cc1)CO2. The summed E-state index contributed by atoms with van der Waals surface area (Å²) < 4.78 is 25.1. The molecule has 162 valence electrons. The number of rotatable bonds is 4. The molecule has 2 aliphatic heterocycles. The molecule has 0 amide bonds. The molecule has 0 aromatic heterocycles. The van der Waals surface area contributed by atoms with Crippen molar-refractivity contribution in [1.82, 2.24) is 4.90 Å². The van der Waals surface area contributed by atoms with Crippen LogP contribution in [0.15, 0.2) is 60.4 Å². The van der Waals surface area contributed by atoms with Gasteiger partial charge in [0.2, 0.25) is 5.78 Å². The lowest BCUT2D eigenvalue weighted by Crippen LogP contribution is -2.34. The number of carbonyl (C=O) groups excluding carboxylic acids is 1. The number of halogens is 2. The highest BCUT2D eigenvalue weighted by Crippen LogP contribution is 2.43. The summed E-state index contributed by atoms with van der Waals surface area (Å²) in [6.07, 6.45) is 2.50. The zero-order valence-corrected chi connectivity index (χ0v) is 18.3. The van der Waals surface area contributed by atoms with Gasteiger partial charge in [-0.15, -0.1) is 0 Å². The van der Waals surface area contributed by atoms with Crippen LogP contribution in [0.25, 0.3) is 6.08 Å². The van der Waals surface area contributed by atoms with Crippen molar-refractivity contribution in [3.8, 4) is 11.5 Å². The Labute approximate surface area is 190 Å². The van der Waals surface area contributed by atoms with Gasteiger partial charge in [-0.3, -0.25) is 9.69 Å². The Hall–Kier alpha value is -3.15. The van der Waals surface area contributed by atoms with E-state index < -0.39 is 0 Å². The van der Waals surface area contributed by atoms with E-state index in [-0.39, 0.29) is 17.4 Å². The molecule has 6 heteroatoms. The highest BCUT2D eigenvalue weighted by molar-refractivity contribution is 6.30. The summed E-state index contributed by atoms with van der Waals surface area (Å²) >= 11 is 6.06. The summed E-state index contributed by atoms with van der Waals surface area (Å²) in [6, 6.07) is 15.7. The number of allylic oxidation sites excluding steroid dienone is 1. The number of hydrogen-bond donors (Lipinski definition) is 0. The van der Waals surface area contributed by atoms with Crippen molar-refractivity contribution in [2.45, 2.75) is 19.9 Å². The number of ether oxygens (including phenoxy) is 2. The number of ketones is 1. The molecule has 0 bridgehead atoms. The number of Topliss-reactive ketones (excluding diaryl/α,β-unsaturated/α-hetero) is 1. The normalized spacial score (nSPS) is 16.5. The Balaban J connectivity index is 1.36. The van der Waals surface area contributed by atoms with E-state index in [2.05, 4.69) is 4.90 Å². The quantitative estimate of drug-likeness (QED) is 0.472. The molecule has 0 spiro atoms. The van der Waals surface area contributed by atoms with Crippen LogP contribution in [0.4, 0.5) is 4.39 Å². The molecule has 0 fully saturated rings. The van der Waals surface area contributed by atoms with Gasteiger partial charge in [-0.2, -0.15) is 0 Å². The lowest BCUT2D eigenvalue weighted by atomic mass is 10.00. The van der Waals surface area contributed by atoms with Gasteiger partial charge in [0.15, 0.2) is 5.76 Å². The van der Waals surface area contributed by atoms with E-state index in [0.29, 0.717) is 29.6 Å². The van der Waals surface area contributed by atoms with Gasteiger partial charge in [-0.05, 0) is 60.9 Å². The first kappa shape index (κ1) is 20.7. The number of fused-ring (bicyclic) bond motifs is 2. The highest BCUT2D eigenvalue weighted by atomic mass is 35.5. The van der Waals surface area contributed by atoms with Crippen molar-refractivity contribution in [1.29, 1.82) is 0 Å². The van der Waals surface area contributed by atoms with Crippen molar-refractivity contribution in [3.63, 3.8) is 0 Å². The van der Waals surface area contributed by atoms with Crippen LogP contribution < -0.4 is 9.47 Å². The van der Waals surface area contributed by atoms with Crippen LogP contribution in [0.2, 0.25) is 5.02 Å². The van der Waals surface area contributed by atoms with E-state index in [9.17, 15) is 9.18 Å². The molecule has 0 saturated heterocycles. The molecule has 0 saturated carbocycles. The van der Waals surface area contributed by atoms with Gasteiger partial charge in [0.1, 0.15) is 24.0 Å². The van der Waals surface area contributed by atoms with Gasteiger partial charge in [-0.1, -0.05) is 35.9 Å². The summed E-state index contributed by atoms with van der Waals surface area (Å²) in [5.74, 6) is 1.24. The van der Waals surface area contributed by atoms with Gasteiger partial charge >= 0.3 is 0 Å². The molecule has 0 atom stereocenters. The molecule has 0 unspecified atom stereocenters. The van der Waals surface area contributed by atoms with Crippen molar-refractivity contribution in [2.75, 3.05) is 13.3 Å². The monoisotopic (exact) mass is 449 g/mol. The molecule has 32 heavy (non-hydrogen) atoms. The van der Waals surface area contributed by atoms with E-state index in [1.54, 1.807) is 30.3 Å². The van der Waals surface area contributed by atoms with Crippen LogP contribution in [-0.4, -0.2) is 24.0 Å². The average Bonchev–Trinajstić information content (AvgIpc) is 3.09. The molecular weight excluding hydrogens is 429 g/mol. The highest BCUT2D eigenvalue weighted by Gasteiger charge is 2.33. The fraction of sp³-hybridized carbons (Fsp3) is 0.192. The Morgan fingerprint density at radius 2 is 1.94 bits per heavy atom. The van der Waals surface area contributed by atoms with Crippen molar-refractivity contribution < 1.29 is 18.7 Å². The summed E-state index contributed by atoms with van der Waals surface area (Å²) in [7, 11) is 0. The number of benzene rings is 3. The summed E-state index contributed by atoms with van der Waals surface area (Å²) in [4.78, 5) is 15.2. The zero-order valence-electron chi connectivity index (χ0n) is 17.5. The van der Waals surface area contributed by atoms with Crippen LogP contribution in [-0.2, 0) is 13.0 Å². The van der Waals surface area contributed by atoms with Crippen molar-refractivity contribution >= 4 is 23.5 Å². The summed E-state index contributed by atoms with van der Waals surface area (Å²) in [5.41, 5.74) is 4.23. The van der Waals surface area contributed by atoms with Crippen LogP contribution in [0, 0.1) is 12.7 Å². The molecule has 5 rings (SSSR count). The van der Waals surface area contributed by atoms with Gasteiger partial charge < -0.3 is 9.47 Å². The number of hydrogen-bond acceptors (Lipinski definition) is 4. The lowest BCUT2D eigenvalue weighted by Gasteiger charge is -2.30. The molecule has 0 radical (unpaired) electrons. The molecule has 4 nitrogen and oxygen atoms in total. The minimum Gasteiger partial charge on any atom is -0.477 e. The second kappa shape index (κ2) is 8.41. The Kier molecular flexibility index (Phi) is 5.45. The first-order valence-electron chi connectivity index (χ1n) is 10.4. The van der Waals surface area contributed by atoms with E-state index in [1.807, 2.05) is 25.1 Å². The number of nitrogens with zero attached hydrogens (tertiary/aromatic N) is 1. The number of carbonyl (C=O) groups is 1. The van der Waals surface area contributed by atoms with Crippen LogP contribution in [0.1, 0.15) is 32.6 Å². The zero-order chi connectivity index (χ0) is 22.2. The molecule has 3 aromatic rings. The minimum absolute atomic E-state index is 0.144. The summed E-state index contributed by atoms with van der Waals surface area (Å²) in [5, 5.41) is 0.600. The molecule has 2 heterocycles. The van der Waals surface area contributed by atoms with Crippen molar-refractivity contribution in [2.24, 2.45) is 0 Å².